The molecule has 0 radical (unpaired) electrons. The van der Waals surface area contributed by atoms with Gasteiger partial charge in [0.15, 0.2) is 0 Å². The van der Waals surface area contributed by atoms with Gasteiger partial charge in [-0.2, -0.15) is 0 Å². The van der Waals surface area contributed by atoms with Crippen LogP contribution in [0, 0.1) is 0 Å². The molecule has 10 heteroatoms. The summed E-state index contributed by atoms with van der Waals surface area (Å²) in [4.78, 5) is 53.0. The lowest BCUT2D eigenvalue weighted by atomic mass is 10.1. The van der Waals surface area contributed by atoms with Crippen molar-refractivity contribution in [3.05, 3.63) is 68.0 Å². The molecule has 0 N–H and O–H groups in total. The molecule has 2 aliphatic heterocycles. The number of halogens is 2. The normalized spacial score (nSPS) is 17.2. The highest BCUT2D eigenvalue weighted by atomic mass is 79.9. The second kappa shape index (κ2) is 10.1. The van der Waals surface area contributed by atoms with E-state index in [1.807, 2.05) is 0 Å². The van der Waals surface area contributed by atoms with Crippen molar-refractivity contribution in [3.8, 4) is 5.75 Å². The lowest BCUT2D eigenvalue weighted by molar-refractivity contribution is -0.135. The Labute approximate surface area is 207 Å². The first-order valence-electron chi connectivity index (χ1n) is 10.1. The van der Waals surface area contributed by atoms with Crippen LogP contribution in [-0.4, -0.2) is 52.5 Å². The van der Waals surface area contributed by atoms with Crippen LogP contribution in [0.3, 0.4) is 0 Å². The number of amides is 3. The predicted molar refractivity (Wildman–Crippen MR) is 129 cm³/mol. The van der Waals surface area contributed by atoms with Crippen molar-refractivity contribution in [3.63, 3.8) is 0 Å². The first kappa shape index (κ1) is 23.5. The number of likely N-dealkylation sites (tertiary alicyclic amines) is 1. The van der Waals surface area contributed by atoms with Crippen molar-refractivity contribution in [2.24, 2.45) is 0 Å². The van der Waals surface area contributed by atoms with E-state index in [0.29, 0.717) is 28.1 Å². The lowest BCUT2D eigenvalue weighted by Gasteiger charge is -2.18. The van der Waals surface area contributed by atoms with Crippen LogP contribution in [0.15, 0.2) is 51.8 Å². The van der Waals surface area contributed by atoms with Crippen molar-refractivity contribution < 1.29 is 23.9 Å². The van der Waals surface area contributed by atoms with E-state index in [9.17, 15) is 19.2 Å². The SMILES string of the molecule is O=C(Oc1ccc(Br)cc1/C=C1\SC(=O)N(CC(=O)N2CCCC2)C1=O)c1cccc(Cl)c1. The molecule has 0 aliphatic carbocycles. The summed E-state index contributed by atoms with van der Waals surface area (Å²) in [5.74, 6) is -1.19. The van der Waals surface area contributed by atoms with Crippen LogP contribution in [0.25, 0.3) is 6.08 Å². The molecular weight excluding hydrogens is 532 g/mol. The Bertz CT molecular complexity index is 1180. The van der Waals surface area contributed by atoms with Gasteiger partial charge in [-0.3, -0.25) is 19.3 Å². The van der Waals surface area contributed by atoms with E-state index in [1.165, 1.54) is 12.1 Å². The first-order valence-corrected chi connectivity index (χ1v) is 12.1. The summed E-state index contributed by atoms with van der Waals surface area (Å²) in [6.45, 7) is 1.01. The Morgan fingerprint density at radius 3 is 2.61 bits per heavy atom. The van der Waals surface area contributed by atoms with Crippen LogP contribution >= 0.6 is 39.3 Å². The third-order valence-corrected chi connectivity index (χ3v) is 6.78. The van der Waals surface area contributed by atoms with Gasteiger partial charge >= 0.3 is 5.97 Å². The summed E-state index contributed by atoms with van der Waals surface area (Å²) in [5, 5.41) is -0.108. The minimum absolute atomic E-state index is 0.146. The molecule has 0 spiro atoms. The number of hydrogen-bond acceptors (Lipinski definition) is 6. The lowest BCUT2D eigenvalue weighted by Crippen LogP contribution is -2.40. The zero-order chi connectivity index (χ0) is 23.5. The zero-order valence-corrected chi connectivity index (χ0v) is 20.4. The number of carbonyl (C=O) groups is 4. The smallest absolute Gasteiger partial charge is 0.343 e. The number of imide groups is 1. The van der Waals surface area contributed by atoms with Crippen LogP contribution in [-0.2, 0) is 9.59 Å². The maximum atomic E-state index is 12.9. The quantitative estimate of drug-likeness (QED) is 0.297. The van der Waals surface area contributed by atoms with Crippen LogP contribution in [0.2, 0.25) is 5.02 Å². The number of rotatable bonds is 5. The monoisotopic (exact) mass is 548 g/mol. The largest absolute Gasteiger partial charge is 0.422 e. The molecule has 0 atom stereocenters. The molecule has 4 rings (SSSR count). The highest BCUT2D eigenvalue weighted by Gasteiger charge is 2.37. The van der Waals surface area contributed by atoms with E-state index < -0.39 is 17.1 Å². The molecule has 2 aromatic rings. The summed E-state index contributed by atoms with van der Waals surface area (Å²) < 4.78 is 6.22. The van der Waals surface area contributed by atoms with Crippen molar-refractivity contribution >= 4 is 68.4 Å². The number of carbonyl (C=O) groups excluding carboxylic acids is 4. The number of benzene rings is 2. The summed E-state index contributed by atoms with van der Waals surface area (Å²) >= 11 is 10.1. The minimum atomic E-state index is -0.612. The molecule has 2 aliphatic rings. The van der Waals surface area contributed by atoms with Gasteiger partial charge in [0, 0.05) is 28.1 Å². The molecule has 0 saturated carbocycles. The van der Waals surface area contributed by atoms with Gasteiger partial charge in [-0.1, -0.05) is 33.6 Å². The van der Waals surface area contributed by atoms with Crippen LogP contribution in [0.4, 0.5) is 4.79 Å². The molecular formula is C23H18BrClN2O5S. The fourth-order valence-corrected chi connectivity index (χ4v) is 4.88. The van der Waals surface area contributed by atoms with Crippen molar-refractivity contribution in [2.45, 2.75) is 12.8 Å². The number of nitrogens with zero attached hydrogens (tertiary/aromatic N) is 2. The fraction of sp³-hybridized carbons (Fsp3) is 0.217. The minimum Gasteiger partial charge on any atom is -0.422 e. The molecule has 7 nitrogen and oxygen atoms in total. The summed E-state index contributed by atoms with van der Waals surface area (Å²) in [5.41, 5.74) is 0.702. The molecule has 170 valence electrons. The van der Waals surface area contributed by atoms with Gasteiger partial charge in [0.25, 0.3) is 11.1 Å². The topological polar surface area (TPSA) is 84.0 Å². The van der Waals surface area contributed by atoms with Gasteiger partial charge in [0.05, 0.1) is 10.5 Å². The van der Waals surface area contributed by atoms with Crippen molar-refractivity contribution in [2.75, 3.05) is 19.6 Å². The van der Waals surface area contributed by atoms with Gasteiger partial charge < -0.3 is 9.64 Å². The van der Waals surface area contributed by atoms with Gasteiger partial charge in [-0.25, -0.2) is 4.79 Å². The van der Waals surface area contributed by atoms with Gasteiger partial charge in [0.2, 0.25) is 5.91 Å². The van der Waals surface area contributed by atoms with E-state index in [-0.39, 0.29) is 28.7 Å². The number of hydrogen-bond donors (Lipinski definition) is 0. The average Bonchev–Trinajstić information content (AvgIpc) is 3.40. The molecule has 2 fully saturated rings. The molecule has 0 unspecified atom stereocenters. The molecule has 0 aromatic heterocycles. The van der Waals surface area contributed by atoms with Crippen molar-refractivity contribution in [1.82, 2.24) is 9.80 Å². The maximum absolute atomic E-state index is 12.9. The van der Waals surface area contributed by atoms with Crippen LogP contribution < -0.4 is 4.74 Å². The number of ether oxygens (including phenoxy) is 1. The zero-order valence-electron chi connectivity index (χ0n) is 17.3. The van der Waals surface area contributed by atoms with Crippen molar-refractivity contribution in [1.29, 1.82) is 0 Å². The Hall–Kier alpha value is -2.62. The highest BCUT2D eigenvalue weighted by molar-refractivity contribution is 9.10. The second-order valence-electron chi connectivity index (χ2n) is 7.44. The first-order chi connectivity index (χ1) is 15.8. The molecule has 2 saturated heterocycles. The van der Waals surface area contributed by atoms with Gasteiger partial charge in [-0.05, 0) is 67.1 Å². The van der Waals surface area contributed by atoms with E-state index >= 15 is 0 Å². The van der Waals surface area contributed by atoms with E-state index in [2.05, 4.69) is 15.9 Å². The summed E-state index contributed by atoms with van der Waals surface area (Å²) in [6, 6.07) is 11.3. The summed E-state index contributed by atoms with van der Waals surface area (Å²) in [7, 11) is 0. The van der Waals surface area contributed by atoms with E-state index in [1.54, 1.807) is 41.3 Å². The van der Waals surface area contributed by atoms with Gasteiger partial charge in [0.1, 0.15) is 12.3 Å². The summed E-state index contributed by atoms with van der Waals surface area (Å²) in [6.07, 6.45) is 3.33. The average molecular weight is 550 g/mol. The van der Waals surface area contributed by atoms with E-state index in [0.717, 1.165) is 29.5 Å². The Kier molecular flexibility index (Phi) is 7.21. The maximum Gasteiger partial charge on any atom is 0.343 e. The third kappa shape index (κ3) is 5.48. The number of thioether (sulfide) groups is 1. The predicted octanol–water partition coefficient (Wildman–Crippen LogP) is 4.98. The van der Waals surface area contributed by atoms with Crippen LogP contribution in [0.5, 0.6) is 5.75 Å². The molecule has 2 aromatic carbocycles. The number of esters is 1. The second-order valence-corrected chi connectivity index (χ2v) is 9.78. The molecule has 2 heterocycles. The third-order valence-electron chi connectivity index (χ3n) is 5.15. The Morgan fingerprint density at radius 1 is 1.12 bits per heavy atom. The van der Waals surface area contributed by atoms with Gasteiger partial charge in [-0.15, -0.1) is 0 Å². The Balaban J connectivity index is 1.55. The van der Waals surface area contributed by atoms with Crippen LogP contribution in [0.1, 0.15) is 28.8 Å². The van der Waals surface area contributed by atoms with E-state index in [4.69, 9.17) is 16.3 Å². The Morgan fingerprint density at radius 2 is 1.88 bits per heavy atom. The highest BCUT2D eigenvalue weighted by Crippen LogP contribution is 2.35. The molecule has 33 heavy (non-hydrogen) atoms. The molecule has 3 amide bonds. The standard InChI is InChI=1S/C23H18BrClN2O5S/c24-16-6-7-18(32-22(30)14-4-3-5-17(25)11-14)15(10-16)12-19-21(29)27(23(31)33-19)13-20(28)26-8-1-2-9-26/h3-7,10-12H,1-2,8-9,13H2/b19-12-. The molecule has 0 bridgehead atoms. The fourth-order valence-electron chi connectivity index (χ4n) is 3.48.